The standard InChI is InChI=1S/C16H26N2O/c1-9-8-18(6-5-12(9)17-2)16(19)15-13-10-3-4-11(7-10)14(13)15/h9-15,17H,3-8H2,1-2H3. The van der Waals surface area contributed by atoms with Crippen molar-refractivity contribution in [3.05, 3.63) is 0 Å². The first-order chi connectivity index (χ1) is 9.20. The molecule has 1 heterocycles. The van der Waals surface area contributed by atoms with E-state index in [4.69, 9.17) is 0 Å². The first kappa shape index (κ1) is 12.2. The van der Waals surface area contributed by atoms with E-state index < -0.39 is 0 Å². The van der Waals surface area contributed by atoms with Gasteiger partial charge in [-0.25, -0.2) is 0 Å². The molecule has 1 amide bonds. The molecule has 4 fully saturated rings. The Labute approximate surface area is 116 Å². The van der Waals surface area contributed by atoms with Crippen LogP contribution in [0.1, 0.15) is 32.6 Å². The summed E-state index contributed by atoms with van der Waals surface area (Å²) in [6, 6.07) is 0.596. The van der Waals surface area contributed by atoms with Gasteiger partial charge in [-0.3, -0.25) is 4.79 Å². The molecule has 6 unspecified atom stereocenters. The maximum Gasteiger partial charge on any atom is 0.226 e. The minimum Gasteiger partial charge on any atom is -0.342 e. The van der Waals surface area contributed by atoms with E-state index in [9.17, 15) is 4.79 Å². The number of nitrogens with one attached hydrogen (secondary N) is 1. The SMILES string of the molecule is CNC1CCN(C(=O)C2C3C4CCC(C4)C23)CC1C. The molecule has 1 saturated heterocycles. The van der Waals surface area contributed by atoms with Gasteiger partial charge in [0.25, 0.3) is 0 Å². The minimum absolute atomic E-state index is 0.435. The molecule has 1 N–H and O–H groups in total. The monoisotopic (exact) mass is 262 g/mol. The fourth-order valence-electron chi connectivity index (χ4n) is 5.64. The van der Waals surface area contributed by atoms with Crippen LogP contribution in [-0.2, 0) is 4.79 Å². The molecule has 0 aromatic carbocycles. The van der Waals surface area contributed by atoms with Gasteiger partial charge in [-0.1, -0.05) is 6.92 Å². The van der Waals surface area contributed by atoms with Crippen LogP contribution in [0.4, 0.5) is 0 Å². The van der Waals surface area contributed by atoms with Crippen molar-refractivity contribution < 1.29 is 4.79 Å². The fraction of sp³-hybridized carbons (Fsp3) is 0.938. The molecule has 0 aromatic rings. The lowest BCUT2D eigenvalue weighted by Gasteiger charge is -2.37. The molecule has 4 rings (SSSR count). The average molecular weight is 262 g/mol. The lowest BCUT2D eigenvalue weighted by atomic mass is 9.93. The van der Waals surface area contributed by atoms with Crippen LogP contribution >= 0.6 is 0 Å². The molecule has 0 spiro atoms. The van der Waals surface area contributed by atoms with E-state index in [1.165, 1.54) is 19.3 Å². The van der Waals surface area contributed by atoms with Crippen LogP contribution in [-0.4, -0.2) is 37.0 Å². The fourth-order valence-corrected chi connectivity index (χ4v) is 5.64. The Balaban J connectivity index is 1.40. The Bertz CT molecular complexity index is 380. The third-order valence-electron chi connectivity index (χ3n) is 6.61. The van der Waals surface area contributed by atoms with Crippen molar-refractivity contribution in [2.45, 2.75) is 38.6 Å². The highest BCUT2D eigenvalue weighted by atomic mass is 16.2. The topological polar surface area (TPSA) is 32.3 Å². The number of nitrogens with zero attached hydrogens (tertiary/aromatic N) is 1. The van der Waals surface area contributed by atoms with Gasteiger partial charge in [0.05, 0.1) is 0 Å². The molecule has 6 atom stereocenters. The molecule has 3 nitrogen and oxygen atoms in total. The molecular weight excluding hydrogens is 236 g/mol. The number of likely N-dealkylation sites (tertiary alicyclic amines) is 1. The number of carbonyl (C=O) groups is 1. The zero-order valence-electron chi connectivity index (χ0n) is 12.1. The molecule has 2 bridgehead atoms. The molecule has 3 heteroatoms. The van der Waals surface area contributed by atoms with Gasteiger partial charge in [-0.05, 0) is 62.3 Å². The molecule has 3 saturated carbocycles. The quantitative estimate of drug-likeness (QED) is 0.822. The summed E-state index contributed by atoms with van der Waals surface area (Å²) < 4.78 is 0. The molecule has 0 aromatic heterocycles. The highest BCUT2D eigenvalue weighted by Crippen LogP contribution is 2.69. The predicted octanol–water partition coefficient (Wildman–Crippen LogP) is 1.73. The van der Waals surface area contributed by atoms with Crippen molar-refractivity contribution in [3.63, 3.8) is 0 Å². The smallest absolute Gasteiger partial charge is 0.226 e. The summed E-state index contributed by atoms with van der Waals surface area (Å²) in [6.45, 7) is 4.22. The van der Waals surface area contributed by atoms with Gasteiger partial charge < -0.3 is 10.2 Å². The third kappa shape index (κ3) is 1.70. The summed E-state index contributed by atoms with van der Waals surface area (Å²) in [5.74, 6) is 4.95. The lowest BCUT2D eigenvalue weighted by molar-refractivity contribution is -0.135. The van der Waals surface area contributed by atoms with Crippen molar-refractivity contribution in [2.75, 3.05) is 20.1 Å². The third-order valence-corrected chi connectivity index (χ3v) is 6.61. The van der Waals surface area contributed by atoms with Crippen molar-refractivity contribution >= 4 is 5.91 Å². The van der Waals surface area contributed by atoms with Crippen LogP contribution in [0.2, 0.25) is 0 Å². The van der Waals surface area contributed by atoms with Crippen LogP contribution in [0.5, 0.6) is 0 Å². The maximum atomic E-state index is 12.7. The van der Waals surface area contributed by atoms with Gasteiger partial charge in [0, 0.05) is 25.0 Å². The summed E-state index contributed by atoms with van der Waals surface area (Å²) in [5.41, 5.74) is 0. The van der Waals surface area contributed by atoms with Crippen LogP contribution in [0.25, 0.3) is 0 Å². The Morgan fingerprint density at radius 1 is 1.16 bits per heavy atom. The van der Waals surface area contributed by atoms with Crippen molar-refractivity contribution in [2.24, 2.45) is 35.5 Å². The summed E-state index contributed by atoms with van der Waals surface area (Å²) >= 11 is 0. The first-order valence-corrected chi connectivity index (χ1v) is 8.16. The Morgan fingerprint density at radius 3 is 2.42 bits per heavy atom. The van der Waals surface area contributed by atoms with Crippen LogP contribution in [0.3, 0.4) is 0 Å². The van der Waals surface area contributed by atoms with Gasteiger partial charge in [0.15, 0.2) is 0 Å². The van der Waals surface area contributed by atoms with E-state index in [0.717, 1.165) is 43.2 Å². The second kappa shape index (κ2) is 4.21. The largest absolute Gasteiger partial charge is 0.342 e. The molecule has 0 radical (unpaired) electrons. The molecular formula is C16H26N2O. The highest BCUT2D eigenvalue weighted by molar-refractivity contribution is 5.83. The molecule has 4 aliphatic rings. The lowest BCUT2D eigenvalue weighted by Crippen LogP contribution is -2.50. The summed E-state index contributed by atoms with van der Waals surface area (Å²) in [5, 5.41) is 3.38. The van der Waals surface area contributed by atoms with E-state index in [2.05, 4.69) is 17.1 Å². The Hall–Kier alpha value is -0.570. The maximum absolute atomic E-state index is 12.7. The van der Waals surface area contributed by atoms with Crippen molar-refractivity contribution in [1.82, 2.24) is 10.2 Å². The highest BCUT2D eigenvalue weighted by Gasteiger charge is 2.68. The van der Waals surface area contributed by atoms with Gasteiger partial charge in [0.1, 0.15) is 0 Å². The van der Waals surface area contributed by atoms with E-state index in [1.807, 2.05) is 7.05 Å². The second-order valence-corrected chi connectivity index (χ2v) is 7.46. The second-order valence-electron chi connectivity index (χ2n) is 7.46. The van der Waals surface area contributed by atoms with Gasteiger partial charge in [-0.2, -0.15) is 0 Å². The van der Waals surface area contributed by atoms with E-state index in [0.29, 0.717) is 23.8 Å². The molecule has 19 heavy (non-hydrogen) atoms. The number of amides is 1. The zero-order valence-corrected chi connectivity index (χ0v) is 12.1. The van der Waals surface area contributed by atoms with E-state index in [-0.39, 0.29) is 0 Å². The van der Waals surface area contributed by atoms with Crippen LogP contribution in [0.15, 0.2) is 0 Å². The predicted molar refractivity (Wildman–Crippen MR) is 74.5 cm³/mol. The Morgan fingerprint density at radius 2 is 1.84 bits per heavy atom. The van der Waals surface area contributed by atoms with Gasteiger partial charge >= 0.3 is 0 Å². The summed E-state index contributed by atoms with van der Waals surface area (Å²) in [7, 11) is 2.04. The van der Waals surface area contributed by atoms with Crippen molar-refractivity contribution in [1.29, 1.82) is 0 Å². The minimum atomic E-state index is 0.435. The average Bonchev–Trinajstić information content (AvgIpc) is 2.85. The zero-order chi connectivity index (χ0) is 13.1. The number of carbonyl (C=O) groups excluding carboxylic acids is 1. The number of hydrogen-bond donors (Lipinski definition) is 1. The number of piperidine rings is 1. The summed E-state index contributed by atoms with van der Waals surface area (Å²) in [4.78, 5) is 14.9. The van der Waals surface area contributed by atoms with Gasteiger partial charge in [0.2, 0.25) is 5.91 Å². The molecule has 1 aliphatic heterocycles. The molecule has 106 valence electrons. The van der Waals surface area contributed by atoms with E-state index >= 15 is 0 Å². The number of fused-ring (bicyclic) bond motifs is 5. The van der Waals surface area contributed by atoms with E-state index in [1.54, 1.807) is 0 Å². The van der Waals surface area contributed by atoms with Crippen molar-refractivity contribution in [3.8, 4) is 0 Å². The first-order valence-electron chi connectivity index (χ1n) is 8.16. The normalized spacial score (nSPS) is 51.3. The van der Waals surface area contributed by atoms with Crippen LogP contribution in [0, 0.1) is 35.5 Å². The van der Waals surface area contributed by atoms with Crippen LogP contribution < -0.4 is 5.32 Å². The Kier molecular flexibility index (Phi) is 2.70. The van der Waals surface area contributed by atoms with Gasteiger partial charge in [-0.15, -0.1) is 0 Å². The number of rotatable bonds is 2. The molecule has 3 aliphatic carbocycles. The number of hydrogen-bond acceptors (Lipinski definition) is 2. The summed E-state index contributed by atoms with van der Waals surface area (Å²) in [6.07, 6.45) is 5.39.